The molecular formula is C12H8F7NO. The van der Waals surface area contributed by atoms with Crippen molar-refractivity contribution in [1.82, 2.24) is 0 Å². The highest BCUT2D eigenvalue weighted by molar-refractivity contribution is 5.78. The van der Waals surface area contributed by atoms with E-state index < -0.39 is 35.9 Å². The third-order valence-corrected chi connectivity index (χ3v) is 2.89. The summed E-state index contributed by atoms with van der Waals surface area (Å²) in [4.78, 5) is 0. The zero-order valence-corrected chi connectivity index (χ0v) is 10.1. The molecule has 21 heavy (non-hydrogen) atoms. The lowest BCUT2D eigenvalue weighted by Crippen LogP contribution is -2.43. The highest BCUT2D eigenvalue weighted by atomic mass is 19.4. The predicted octanol–water partition coefficient (Wildman–Crippen LogP) is 4.31. The molecule has 0 spiro atoms. The fraction of sp³-hybridized carbons (Fsp3) is 0.333. The van der Waals surface area contributed by atoms with Crippen LogP contribution in [0.5, 0.6) is 0 Å². The van der Waals surface area contributed by atoms with Gasteiger partial charge in [0.15, 0.2) is 5.92 Å². The second kappa shape index (κ2) is 4.90. The Hall–Kier alpha value is -1.77. The van der Waals surface area contributed by atoms with Gasteiger partial charge in [0.1, 0.15) is 17.2 Å². The van der Waals surface area contributed by atoms with Gasteiger partial charge in [-0.3, -0.25) is 0 Å². The summed E-state index contributed by atoms with van der Waals surface area (Å²) in [5.41, 5.74) is 5.03. The van der Waals surface area contributed by atoms with Gasteiger partial charge in [-0.1, -0.05) is 0 Å². The van der Waals surface area contributed by atoms with Gasteiger partial charge < -0.3 is 10.2 Å². The lowest BCUT2D eigenvalue weighted by molar-refractivity contribution is -0.291. The monoisotopic (exact) mass is 315 g/mol. The first-order valence-electron chi connectivity index (χ1n) is 5.58. The van der Waals surface area contributed by atoms with Gasteiger partial charge in [-0.25, -0.2) is 4.39 Å². The van der Waals surface area contributed by atoms with Crippen LogP contribution in [0.15, 0.2) is 28.7 Å². The van der Waals surface area contributed by atoms with Gasteiger partial charge >= 0.3 is 12.4 Å². The van der Waals surface area contributed by atoms with E-state index in [1.54, 1.807) is 0 Å². The van der Waals surface area contributed by atoms with Crippen molar-refractivity contribution >= 4 is 11.0 Å². The molecule has 2 N–H and O–H groups in total. The summed E-state index contributed by atoms with van der Waals surface area (Å²) in [5.74, 6) is -5.18. The lowest BCUT2D eigenvalue weighted by atomic mass is 9.97. The van der Waals surface area contributed by atoms with Crippen LogP contribution in [-0.4, -0.2) is 12.4 Å². The molecule has 1 aromatic heterocycles. The van der Waals surface area contributed by atoms with Crippen LogP contribution in [0, 0.1) is 11.7 Å². The molecule has 2 rings (SSSR count). The average molecular weight is 315 g/mol. The second-order valence-electron chi connectivity index (χ2n) is 4.42. The summed E-state index contributed by atoms with van der Waals surface area (Å²) in [5, 5.41) is 0.0311. The maximum absolute atomic E-state index is 13.0. The number of fused-ring (bicyclic) bond motifs is 1. The third-order valence-electron chi connectivity index (χ3n) is 2.89. The Bertz CT molecular complexity index is 629. The number of benzene rings is 1. The van der Waals surface area contributed by atoms with Gasteiger partial charge in [-0.2, -0.15) is 26.3 Å². The average Bonchev–Trinajstić information content (AvgIpc) is 2.67. The predicted molar refractivity (Wildman–Crippen MR) is 58.7 cm³/mol. The molecule has 9 heteroatoms. The van der Waals surface area contributed by atoms with E-state index in [2.05, 4.69) is 0 Å². The highest BCUT2D eigenvalue weighted by Crippen LogP contribution is 2.46. The normalized spacial score (nSPS) is 14.9. The Morgan fingerprint density at radius 3 is 2.05 bits per heavy atom. The first kappa shape index (κ1) is 15.6. The molecule has 0 aliphatic rings. The van der Waals surface area contributed by atoms with Crippen molar-refractivity contribution in [1.29, 1.82) is 0 Å². The summed E-state index contributed by atoms with van der Waals surface area (Å²) >= 11 is 0. The molecule has 1 heterocycles. The molecule has 0 radical (unpaired) electrons. The number of furan rings is 1. The molecule has 1 atom stereocenters. The number of nitrogens with two attached hydrogens (primary N) is 1. The zero-order valence-electron chi connectivity index (χ0n) is 10.1. The summed E-state index contributed by atoms with van der Waals surface area (Å²) in [6.07, 6.45) is -11.2. The molecule has 2 nitrogen and oxygen atoms in total. The van der Waals surface area contributed by atoms with E-state index in [0.29, 0.717) is 0 Å². The quantitative estimate of drug-likeness (QED) is 0.839. The maximum Gasteiger partial charge on any atom is 0.402 e. The number of halogens is 7. The van der Waals surface area contributed by atoms with Crippen LogP contribution >= 0.6 is 0 Å². The standard InChI is InChI=1S/C12H8F7NO/c13-6-1-2-7-5(3-6)4-8(21-7)9(20)10(11(14,15)16)12(17,18)19/h1-4,9-10H,20H2. The zero-order chi connectivity index (χ0) is 16.0. The Labute approximate surface area is 113 Å². The van der Waals surface area contributed by atoms with Gasteiger partial charge in [0.05, 0.1) is 6.04 Å². The molecule has 0 amide bonds. The molecule has 1 unspecified atom stereocenters. The summed E-state index contributed by atoms with van der Waals surface area (Å²) in [6, 6.07) is 1.38. The highest BCUT2D eigenvalue weighted by Gasteiger charge is 2.60. The first-order chi connectivity index (χ1) is 9.50. The van der Waals surface area contributed by atoms with Crippen LogP contribution in [0.1, 0.15) is 11.8 Å². The smallest absolute Gasteiger partial charge is 0.402 e. The molecular weight excluding hydrogens is 307 g/mol. The number of hydrogen-bond acceptors (Lipinski definition) is 2. The van der Waals surface area contributed by atoms with Crippen molar-refractivity contribution < 1.29 is 35.2 Å². The van der Waals surface area contributed by atoms with Crippen molar-refractivity contribution in [3.63, 3.8) is 0 Å². The molecule has 0 aliphatic carbocycles. The van der Waals surface area contributed by atoms with Gasteiger partial charge in [0.2, 0.25) is 0 Å². The third kappa shape index (κ3) is 3.12. The van der Waals surface area contributed by atoms with Crippen molar-refractivity contribution in [2.75, 3.05) is 0 Å². The molecule has 0 bridgehead atoms. The fourth-order valence-corrected chi connectivity index (χ4v) is 1.96. The van der Waals surface area contributed by atoms with E-state index >= 15 is 0 Å². The molecule has 1 aromatic carbocycles. The largest absolute Gasteiger partial charge is 0.459 e. The number of hydrogen-bond donors (Lipinski definition) is 1. The lowest BCUT2D eigenvalue weighted by Gasteiger charge is -2.26. The van der Waals surface area contributed by atoms with Gasteiger partial charge in [-0.05, 0) is 24.3 Å². The summed E-state index contributed by atoms with van der Waals surface area (Å²) in [6.45, 7) is 0. The number of rotatable bonds is 2. The van der Waals surface area contributed by atoms with E-state index in [9.17, 15) is 30.7 Å². The fourth-order valence-electron chi connectivity index (χ4n) is 1.96. The van der Waals surface area contributed by atoms with Crippen LogP contribution in [0.25, 0.3) is 11.0 Å². The molecule has 116 valence electrons. The van der Waals surface area contributed by atoms with Crippen LogP contribution in [-0.2, 0) is 0 Å². The summed E-state index contributed by atoms with van der Waals surface area (Å²) in [7, 11) is 0. The van der Waals surface area contributed by atoms with E-state index in [1.807, 2.05) is 0 Å². The van der Waals surface area contributed by atoms with Crippen molar-refractivity contribution in [3.8, 4) is 0 Å². The summed E-state index contributed by atoms with van der Waals surface area (Å²) < 4.78 is 93.2. The molecule has 0 saturated heterocycles. The van der Waals surface area contributed by atoms with Gasteiger partial charge in [0.25, 0.3) is 0 Å². The Kier molecular flexibility index (Phi) is 3.64. The van der Waals surface area contributed by atoms with Gasteiger partial charge in [0, 0.05) is 5.39 Å². The minimum Gasteiger partial charge on any atom is -0.459 e. The number of alkyl halides is 6. The topological polar surface area (TPSA) is 39.2 Å². The molecule has 0 fully saturated rings. The van der Waals surface area contributed by atoms with Crippen molar-refractivity contribution in [2.45, 2.75) is 18.4 Å². The van der Waals surface area contributed by atoms with E-state index in [0.717, 1.165) is 24.3 Å². The van der Waals surface area contributed by atoms with Crippen LogP contribution in [0.2, 0.25) is 0 Å². The maximum atomic E-state index is 13.0. The first-order valence-corrected chi connectivity index (χ1v) is 5.58. The minimum atomic E-state index is -5.58. The van der Waals surface area contributed by atoms with Crippen molar-refractivity contribution in [3.05, 3.63) is 35.8 Å². The molecule has 0 saturated carbocycles. The van der Waals surface area contributed by atoms with Crippen LogP contribution < -0.4 is 5.73 Å². The Morgan fingerprint density at radius 1 is 0.952 bits per heavy atom. The minimum absolute atomic E-state index is 0.0311. The Morgan fingerprint density at radius 2 is 1.52 bits per heavy atom. The van der Waals surface area contributed by atoms with Crippen LogP contribution in [0.3, 0.4) is 0 Å². The SMILES string of the molecule is NC(c1cc2cc(F)ccc2o1)C(C(F)(F)F)C(F)(F)F. The second-order valence-corrected chi connectivity index (χ2v) is 4.42. The van der Waals surface area contributed by atoms with Crippen LogP contribution in [0.4, 0.5) is 30.7 Å². The molecule has 2 aromatic rings. The van der Waals surface area contributed by atoms with E-state index in [1.165, 1.54) is 0 Å². The molecule has 0 aliphatic heterocycles. The Balaban J connectivity index is 2.46. The van der Waals surface area contributed by atoms with Gasteiger partial charge in [-0.15, -0.1) is 0 Å². The van der Waals surface area contributed by atoms with E-state index in [-0.39, 0.29) is 11.0 Å². The van der Waals surface area contributed by atoms with E-state index in [4.69, 9.17) is 10.2 Å². The van der Waals surface area contributed by atoms with Crippen molar-refractivity contribution in [2.24, 2.45) is 11.7 Å².